The molecule has 0 heterocycles. The summed E-state index contributed by atoms with van der Waals surface area (Å²) in [6.07, 6.45) is 8.79. The first-order valence-corrected chi connectivity index (χ1v) is 7.78. The van der Waals surface area contributed by atoms with Crippen molar-refractivity contribution in [1.82, 2.24) is 0 Å². The van der Waals surface area contributed by atoms with E-state index < -0.39 is 0 Å². The smallest absolute Gasteiger partial charge is 0.00905 e. The van der Waals surface area contributed by atoms with Gasteiger partial charge in [-0.05, 0) is 73.5 Å². The van der Waals surface area contributed by atoms with E-state index in [0.717, 1.165) is 36.0 Å². The first kappa shape index (κ1) is 12.0. The molecule has 0 spiro atoms. The van der Waals surface area contributed by atoms with Gasteiger partial charge in [0.25, 0.3) is 0 Å². The number of hydrogen-bond acceptors (Lipinski definition) is 1. The molecule has 1 nitrogen and oxygen atoms in total. The molecule has 2 N–H and O–H groups in total. The maximum absolute atomic E-state index is 6.43. The second-order valence-corrected chi connectivity index (χ2v) is 7.79. The van der Waals surface area contributed by atoms with Crippen LogP contribution in [0.5, 0.6) is 0 Å². The molecule has 1 heteroatoms. The first-order valence-electron chi connectivity index (χ1n) is 7.78. The van der Waals surface area contributed by atoms with Crippen molar-refractivity contribution in [3.8, 4) is 0 Å². The molecule has 1 unspecified atom stereocenters. The highest BCUT2D eigenvalue weighted by Crippen LogP contribution is 2.61. The van der Waals surface area contributed by atoms with E-state index in [1.54, 1.807) is 6.42 Å². The quantitative estimate of drug-likeness (QED) is 0.790. The van der Waals surface area contributed by atoms with Crippen molar-refractivity contribution in [2.75, 3.05) is 0 Å². The van der Waals surface area contributed by atoms with Gasteiger partial charge in [-0.15, -0.1) is 0 Å². The monoisotopic (exact) mass is 235 g/mol. The average molecular weight is 235 g/mol. The zero-order valence-electron chi connectivity index (χ0n) is 11.8. The maximum atomic E-state index is 6.43. The fourth-order valence-electron chi connectivity index (χ4n) is 5.91. The van der Waals surface area contributed by atoms with E-state index >= 15 is 0 Å². The molecular weight excluding hydrogens is 206 g/mol. The maximum Gasteiger partial charge on any atom is 0.00905 e. The van der Waals surface area contributed by atoms with Crippen molar-refractivity contribution in [1.29, 1.82) is 0 Å². The third kappa shape index (κ3) is 1.77. The van der Waals surface area contributed by atoms with Gasteiger partial charge in [-0.25, -0.2) is 0 Å². The molecule has 4 bridgehead atoms. The normalized spacial score (nSPS) is 46.2. The van der Waals surface area contributed by atoms with Crippen LogP contribution in [0.15, 0.2) is 0 Å². The summed E-state index contributed by atoms with van der Waals surface area (Å²) in [4.78, 5) is 0. The fraction of sp³-hybridized carbons (Fsp3) is 1.00. The zero-order chi connectivity index (χ0) is 12.2. The Balaban J connectivity index is 1.84. The van der Waals surface area contributed by atoms with Crippen LogP contribution in [-0.4, -0.2) is 6.04 Å². The Bertz CT molecular complexity index is 266. The lowest BCUT2D eigenvalue weighted by atomic mass is 9.46. The predicted octanol–water partition coefficient (Wildman–Crippen LogP) is 3.82. The molecule has 4 fully saturated rings. The largest absolute Gasteiger partial charge is 0.327 e. The Hall–Kier alpha value is -0.0400. The third-order valence-electron chi connectivity index (χ3n) is 6.48. The summed E-state index contributed by atoms with van der Waals surface area (Å²) >= 11 is 0. The van der Waals surface area contributed by atoms with Crippen LogP contribution in [0.4, 0.5) is 0 Å². The molecule has 0 aromatic carbocycles. The highest BCUT2D eigenvalue weighted by molar-refractivity contribution is 5.04. The summed E-state index contributed by atoms with van der Waals surface area (Å²) in [6, 6.07) is 0.394. The zero-order valence-corrected chi connectivity index (χ0v) is 11.8. The minimum atomic E-state index is 0.358. The van der Waals surface area contributed by atoms with Crippen LogP contribution in [0.3, 0.4) is 0 Å². The van der Waals surface area contributed by atoms with Crippen molar-refractivity contribution in [3.05, 3.63) is 0 Å². The van der Waals surface area contributed by atoms with E-state index in [2.05, 4.69) is 20.8 Å². The predicted molar refractivity (Wildman–Crippen MR) is 72.6 cm³/mol. The van der Waals surface area contributed by atoms with E-state index in [9.17, 15) is 0 Å². The van der Waals surface area contributed by atoms with Gasteiger partial charge in [0.05, 0.1) is 0 Å². The fourth-order valence-corrected chi connectivity index (χ4v) is 5.91. The van der Waals surface area contributed by atoms with Gasteiger partial charge in [0.15, 0.2) is 0 Å². The highest BCUT2D eigenvalue weighted by Gasteiger charge is 2.53. The van der Waals surface area contributed by atoms with Crippen molar-refractivity contribution in [2.24, 2.45) is 40.7 Å². The molecule has 0 amide bonds. The topological polar surface area (TPSA) is 26.0 Å². The molecule has 0 aromatic rings. The summed E-state index contributed by atoms with van der Waals surface area (Å²) < 4.78 is 0. The Morgan fingerprint density at radius 1 is 1.00 bits per heavy atom. The molecule has 4 aliphatic rings. The van der Waals surface area contributed by atoms with E-state index in [1.807, 2.05) is 0 Å². The molecule has 0 aliphatic heterocycles. The summed E-state index contributed by atoms with van der Waals surface area (Å²) in [5, 5.41) is 0. The van der Waals surface area contributed by atoms with Gasteiger partial charge >= 0.3 is 0 Å². The summed E-state index contributed by atoms with van der Waals surface area (Å²) in [6.45, 7) is 7.16. The lowest BCUT2D eigenvalue weighted by Crippen LogP contribution is -2.55. The van der Waals surface area contributed by atoms with Gasteiger partial charge in [0, 0.05) is 6.04 Å². The minimum absolute atomic E-state index is 0.358. The molecule has 4 saturated carbocycles. The van der Waals surface area contributed by atoms with E-state index in [0.29, 0.717) is 11.5 Å². The number of hydrogen-bond donors (Lipinski definition) is 1. The molecule has 4 rings (SSSR count). The standard InChI is InChI=1S/C16H29N/c1-4-14(17)16(2,3)15-12-6-10-5-11(8-12)9-13(15)7-10/h10-15H,4-9,17H2,1-3H3. The van der Waals surface area contributed by atoms with E-state index in [1.165, 1.54) is 25.7 Å². The lowest BCUT2D eigenvalue weighted by Gasteiger charge is -2.59. The van der Waals surface area contributed by atoms with Crippen LogP contribution >= 0.6 is 0 Å². The minimum Gasteiger partial charge on any atom is -0.327 e. The van der Waals surface area contributed by atoms with E-state index in [-0.39, 0.29) is 0 Å². The molecule has 0 saturated heterocycles. The van der Waals surface area contributed by atoms with Crippen LogP contribution < -0.4 is 5.73 Å². The van der Waals surface area contributed by atoms with Crippen LogP contribution in [0.25, 0.3) is 0 Å². The molecule has 98 valence electrons. The first-order chi connectivity index (χ1) is 8.02. The third-order valence-corrected chi connectivity index (χ3v) is 6.48. The van der Waals surface area contributed by atoms with E-state index in [4.69, 9.17) is 5.73 Å². The average Bonchev–Trinajstić information content (AvgIpc) is 2.25. The Labute approximate surface area is 107 Å². The van der Waals surface area contributed by atoms with Crippen molar-refractivity contribution >= 4 is 0 Å². The molecule has 0 radical (unpaired) electrons. The number of nitrogens with two attached hydrogens (primary N) is 1. The van der Waals surface area contributed by atoms with Gasteiger partial charge in [-0.1, -0.05) is 20.8 Å². The van der Waals surface area contributed by atoms with Gasteiger partial charge in [-0.2, -0.15) is 0 Å². The molecule has 0 aromatic heterocycles. The SMILES string of the molecule is CCC(N)C(C)(C)C1C2CC3CC(C2)CC1C3. The Kier molecular flexibility index (Phi) is 2.81. The molecule has 4 aliphatic carbocycles. The molecule has 1 atom stereocenters. The number of rotatable bonds is 3. The van der Waals surface area contributed by atoms with Gasteiger partial charge in [-0.3, -0.25) is 0 Å². The van der Waals surface area contributed by atoms with Crippen LogP contribution in [0.2, 0.25) is 0 Å². The summed E-state index contributed by atoms with van der Waals surface area (Å²) in [5.41, 5.74) is 6.79. The van der Waals surface area contributed by atoms with Crippen LogP contribution in [0.1, 0.15) is 59.3 Å². The van der Waals surface area contributed by atoms with Crippen LogP contribution in [0, 0.1) is 35.0 Å². The van der Waals surface area contributed by atoms with Gasteiger partial charge in [0.2, 0.25) is 0 Å². The highest BCUT2D eigenvalue weighted by atomic mass is 14.7. The summed E-state index contributed by atoms with van der Waals surface area (Å²) in [5.74, 6) is 5.12. The lowest BCUT2D eigenvalue weighted by molar-refractivity contribution is -0.0936. The Morgan fingerprint density at radius 2 is 1.47 bits per heavy atom. The van der Waals surface area contributed by atoms with Gasteiger partial charge in [0.1, 0.15) is 0 Å². The van der Waals surface area contributed by atoms with Gasteiger partial charge < -0.3 is 5.73 Å². The second kappa shape index (κ2) is 3.98. The van der Waals surface area contributed by atoms with Crippen molar-refractivity contribution in [3.63, 3.8) is 0 Å². The Morgan fingerprint density at radius 3 is 1.88 bits per heavy atom. The summed E-state index contributed by atoms with van der Waals surface area (Å²) in [7, 11) is 0. The van der Waals surface area contributed by atoms with Crippen LogP contribution in [-0.2, 0) is 0 Å². The molecular formula is C16H29N. The van der Waals surface area contributed by atoms with Crippen molar-refractivity contribution < 1.29 is 0 Å². The second-order valence-electron chi connectivity index (χ2n) is 7.79. The molecule has 17 heavy (non-hydrogen) atoms. The van der Waals surface area contributed by atoms with Crippen molar-refractivity contribution in [2.45, 2.75) is 65.3 Å².